The third-order valence-electron chi connectivity index (χ3n) is 3.78. The number of benzene rings is 2. The quantitative estimate of drug-likeness (QED) is 0.404. The Morgan fingerprint density at radius 1 is 0.900 bits per heavy atom. The molecule has 0 radical (unpaired) electrons. The molecule has 2 heterocycles. The molecule has 1 N–H and O–H groups in total. The minimum Gasteiger partial charge on any atom is -0.478 e. The standard InChI is InChI=1S/C12H12FNO2S.C8H4FNO2S/c1-12(2,3)16-11(15)8-5-4-7-6-14-17-10(7)9(8)13;9-6-5(8(11)12)2-1-4-3-10-13-7(4)6/h4-6H,1-3H3;1-3H,(H,11,12). The maximum absolute atomic E-state index is 14.0. The van der Waals surface area contributed by atoms with Crippen molar-refractivity contribution < 1.29 is 28.2 Å². The van der Waals surface area contributed by atoms with Crippen LogP contribution in [0.15, 0.2) is 36.7 Å². The number of esters is 1. The van der Waals surface area contributed by atoms with Crippen molar-refractivity contribution in [2.45, 2.75) is 26.4 Å². The lowest BCUT2D eigenvalue weighted by Gasteiger charge is -2.19. The van der Waals surface area contributed by atoms with Gasteiger partial charge in [-0.25, -0.2) is 18.4 Å². The number of hydrogen-bond acceptors (Lipinski definition) is 7. The summed E-state index contributed by atoms with van der Waals surface area (Å²) in [5.74, 6) is -3.16. The van der Waals surface area contributed by atoms with E-state index < -0.39 is 29.2 Å². The molecular formula is C20H16F2N2O4S2. The molecule has 0 fully saturated rings. The summed E-state index contributed by atoms with van der Waals surface area (Å²) in [5, 5.41) is 9.93. The number of rotatable bonds is 2. The Morgan fingerprint density at radius 2 is 1.37 bits per heavy atom. The van der Waals surface area contributed by atoms with Gasteiger partial charge >= 0.3 is 11.9 Å². The summed E-state index contributed by atoms with van der Waals surface area (Å²) in [4.78, 5) is 22.3. The molecular weight excluding hydrogens is 434 g/mol. The molecule has 0 unspecified atom stereocenters. The molecule has 0 aliphatic rings. The van der Waals surface area contributed by atoms with Crippen LogP contribution in [-0.4, -0.2) is 31.4 Å². The van der Waals surface area contributed by atoms with Crippen molar-refractivity contribution in [2.24, 2.45) is 0 Å². The van der Waals surface area contributed by atoms with E-state index in [-0.39, 0.29) is 11.1 Å². The Bertz CT molecular complexity index is 1240. The number of halogens is 2. The molecule has 4 rings (SSSR count). The fourth-order valence-electron chi connectivity index (χ4n) is 2.46. The van der Waals surface area contributed by atoms with Crippen LogP contribution >= 0.6 is 23.1 Å². The lowest BCUT2D eigenvalue weighted by Crippen LogP contribution is -2.24. The van der Waals surface area contributed by atoms with Crippen molar-refractivity contribution in [3.8, 4) is 0 Å². The summed E-state index contributed by atoms with van der Waals surface area (Å²) < 4.78 is 40.8. The van der Waals surface area contributed by atoms with Gasteiger partial charge in [-0.15, -0.1) is 0 Å². The first-order valence-electron chi connectivity index (χ1n) is 8.61. The molecule has 0 saturated heterocycles. The number of ether oxygens (including phenoxy) is 1. The highest BCUT2D eigenvalue weighted by atomic mass is 32.1. The maximum Gasteiger partial charge on any atom is 0.341 e. The molecule has 2 aromatic heterocycles. The van der Waals surface area contributed by atoms with E-state index in [1.807, 2.05) is 0 Å². The first kappa shape index (κ1) is 21.7. The smallest absolute Gasteiger partial charge is 0.341 e. The minimum atomic E-state index is -1.26. The monoisotopic (exact) mass is 450 g/mol. The van der Waals surface area contributed by atoms with E-state index >= 15 is 0 Å². The van der Waals surface area contributed by atoms with Crippen molar-refractivity contribution in [3.63, 3.8) is 0 Å². The molecule has 0 spiro atoms. The fraction of sp³-hybridized carbons (Fsp3) is 0.200. The minimum absolute atomic E-state index is 0.0447. The summed E-state index contributed by atoms with van der Waals surface area (Å²) in [7, 11) is 0. The summed E-state index contributed by atoms with van der Waals surface area (Å²) in [5.41, 5.74) is -0.986. The molecule has 2 aromatic carbocycles. The van der Waals surface area contributed by atoms with Crippen molar-refractivity contribution in [2.75, 3.05) is 0 Å². The van der Waals surface area contributed by atoms with E-state index in [0.29, 0.717) is 20.2 Å². The van der Waals surface area contributed by atoms with Crippen molar-refractivity contribution in [1.29, 1.82) is 0 Å². The summed E-state index contributed by atoms with van der Waals surface area (Å²) in [6, 6.07) is 5.89. The van der Waals surface area contributed by atoms with E-state index in [2.05, 4.69) is 8.75 Å². The van der Waals surface area contributed by atoms with Crippen LogP contribution in [0.25, 0.3) is 20.2 Å². The van der Waals surface area contributed by atoms with E-state index in [1.165, 1.54) is 18.3 Å². The van der Waals surface area contributed by atoms with Crippen molar-refractivity contribution in [3.05, 3.63) is 59.4 Å². The Hall–Kier alpha value is -2.98. The zero-order valence-corrected chi connectivity index (χ0v) is 17.7. The van der Waals surface area contributed by atoms with Gasteiger partial charge in [-0.2, -0.15) is 8.75 Å². The molecule has 0 aliphatic heterocycles. The van der Waals surface area contributed by atoms with Gasteiger partial charge < -0.3 is 9.84 Å². The zero-order chi connectivity index (χ0) is 22.1. The van der Waals surface area contributed by atoms with E-state index in [0.717, 1.165) is 23.1 Å². The summed E-state index contributed by atoms with van der Waals surface area (Å²) in [6.45, 7) is 5.23. The highest BCUT2D eigenvalue weighted by Gasteiger charge is 2.22. The van der Waals surface area contributed by atoms with Gasteiger partial charge in [0, 0.05) is 23.2 Å². The van der Waals surface area contributed by atoms with Gasteiger partial charge in [0.25, 0.3) is 0 Å². The summed E-state index contributed by atoms with van der Waals surface area (Å²) >= 11 is 1.99. The number of aromatic carboxylic acids is 1. The van der Waals surface area contributed by atoms with Crippen LogP contribution in [0.3, 0.4) is 0 Å². The van der Waals surface area contributed by atoms with Gasteiger partial charge in [0.1, 0.15) is 5.60 Å². The number of fused-ring (bicyclic) bond motifs is 2. The van der Waals surface area contributed by atoms with Gasteiger partial charge in [-0.05, 0) is 56.0 Å². The van der Waals surface area contributed by atoms with Gasteiger partial charge in [0.15, 0.2) is 11.6 Å². The molecule has 0 amide bonds. The average molecular weight is 450 g/mol. The first-order valence-corrected chi connectivity index (χ1v) is 10.2. The average Bonchev–Trinajstić information content (AvgIpc) is 3.30. The number of hydrogen-bond donors (Lipinski definition) is 1. The van der Waals surface area contributed by atoms with Gasteiger partial charge in [-0.1, -0.05) is 12.1 Å². The SMILES string of the molecule is CC(C)(C)OC(=O)c1ccc2cnsc2c1F.O=C(O)c1ccc2cnsc2c1F. The molecule has 0 bridgehead atoms. The third kappa shape index (κ3) is 4.60. The van der Waals surface area contributed by atoms with Crippen LogP contribution in [-0.2, 0) is 4.74 Å². The van der Waals surface area contributed by atoms with Crippen LogP contribution in [0, 0.1) is 11.6 Å². The normalized spacial score (nSPS) is 11.2. The maximum atomic E-state index is 14.0. The van der Waals surface area contributed by atoms with Crippen molar-refractivity contribution in [1.82, 2.24) is 8.75 Å². The number of aromatic nitrogens is 2. The highest BCUT2D eigenvalue weighted by molar-refractivity contribution is 7.13. The second kappa shape index (κ2) is 8.41. The Kier molecular flexibility index (Phi) is 6.09. The van der Waals surface area contributed by atoms with E-state index in [9.17, 15) is 18.4 Å². The first-order chi connectivity index (χ1) is 14.1. The molecule has 0 saturated carbocycles. The van der Waals surface area contributed by atoms with Crippen LogP contribution in [0.4, 0.5) is 8.78 Å². The number of nitrogens with zero attached hydrogens (tertiary/aromatic N) is 2. The Balaban J connectivity index is 0.000000177. The largest absolute Gasteiger partial charge is 0.478 e. The van der Waals surface area contributed by atoms with Crippen molar-refractivity contribution >= 4 is 55.2 Å². The number of carbonyl (C=O) groups excluding carboxylic acids is 1. The third-order valence-corrected chi connectivity index (χ3v) is 5.39. The molecule has 156 valence electrons. The molecule has 4 aromatic rings. The zero-order valence-electron chi connectivity index (χ0n) is 16.1. The van der Waals surface area contributed by atoms with Crippen LogP contribution in [0.5, 0.6) is 0 Å². The second-order valence-electron chi connectivity index (χ2n) is 7.15. The number of carboxylic acid groups (broad SMARTS) is 1. The molecule has 6 nitrogen and oxygen atoms in total. The van der Waals surface area contributed by atoms with E-state index in [1.54, 1.807) is 39.1 Å². The highest BCUT2D eigenvalue weighted by Crippen LogP contribution is 2.26. The predicted molar refractivity (Wildman–Crippen MR) is 111 cm³/mol. The topological polar surface area (TPSA) is 89.4 Å². The van der Waals surface area contributed by atoms with Crippen LogP contribution in [0.1, 0.15) is 41.5 Å². The van der Waals surface area contributed by atoms with Gasteiger partial charge in [-0.3, -0.25) is 0 Å². The summed E-state index contributed by atoms with van der Waals surface area (Å²) in [6.07, 6.45) is 3.08. The Labute approximate surface area is 178 Å². The predicted octanol–water partition coefficient (Wildman–Crippen LogP) is 5.52. The fourth-order valence-corrected chi connectivity index (χ4v) is 3.83. The van der Waals surface area contributed by atoms with Gasteiger partial charge in [0.05, 0.1) is 20.5 Å². The van der Waals surface area contributed by atoms with E-state index in [4.69, 9.17) is 9.84 Å². The Morgan fingerprint density at radius 3 is 1.83 bits per heavy atom. The molecule has 30 heavy (non-hydrogen) atoms. The van der Waals surface area contributed by atoms with Crippen LogP contribution in [0.2, 0.25) is 0 Å². The van der Waals surface area contributed by atoms with Crippen LogP contribution < -0.4 is 0 Å². The lowest BCUT2D eigenvalue weighted by molar-refractivity contribution is 0.00649. The molecule has 0 aliphatic carbocycles. The molecule has 0 atom stereocenters. The number of carbonyl (C=O) groups is 2. The molecule has 10 heteroatoms. The number of carboxylic acids is 1. The second-order valence-corrected chi connectivity index (χ2v) is 8.75. The lowest BCUT2D eigenvalue weighted by atomic mass is 10.1. The van der Waals surface area contributed by atoms with Gasteiger partial charge in [0.2, 0.25) is 0 Å².